The molecule has 0 amide bonds. The molecule has 0 radical (unpaired) electrons. The summed E-state index contributed by atoms with van der Waals surface area (Å²) < 4.78 is 0. The van der Waals surface area contributed by atoms with Crippen molar-refractivity contribution in [3.05, 3.63) is 0 Å². The SMILES string of the molecule is C1CCNCCCCCNCCCCCNCC1. The summed E-state index contributed by atoms with van der Waals surface area (Å²) in [6.07, 6.45) is 12.1. The van der Waals surface area contributed by atoms with Gasteiger partial charge in [0.05, 0.1) is 0 Å². The predicted octanol–water partition coefficient (Wildman–Crippen LogP) is 2.28. The van der Waals surface area contributed by atoms with Gasteiger partial charge in [-0.2, -0.15) is 0 Å². The molecule has 18 heavy (non-hydrogen) atoms. The van der Waals surface area contributed by atoms with Crippen molar-refractivity contribution in [1.82, 2.24) is 16.0 Å². The molecule has 3 nitrogen and oxygen atoms in total. The first-order chi connectivity index (χ1) is 9.00. The second-order valence-electron chi connectivity index (χ2n) is 5.43. The van der Waals surface area contributed by atoms with Gasteiger partial charge in [-0.1, -0.05) is 19.3 Å². The van der Waals surface area contributed by atoms with E-state index in [1.807, 2.05) is 0 Å². The molecule has 0 aromatic carbocycles. The van der Waals surface area contributed by atoms with Gasteiger partial charge in [0.2, 0.25) is 0 Å². The van der Waals surface area contributed by atoms with Gasteiger partial charge < -0.3 is 16.0 Å². The predicted molar refractivity (Wildman–Crippen MR) is 80.2 cm³/mol. The Balaban J connectivity index is 2.00. The lowest BCUT2D eigenvalue weighted by atomic mass is 10.2. The molecule has 0 bridgehead atoms. The highest BCUT2D eigenvalue weighted by Gasteiger charge is 1.94. The quantitative estimate of drug-likeness (QED) is 0.621. The fourth-order valence-corrected chi connectivity index (χ4v) is 2.41. The van der Waals surface area contributed by atoms with Crippen molar-refractivity contribution in [2.75, 3.05) is 39.3 Å². The summed E-state index contributed by atoms with van der Waals surface area (Å²) in [6.45, 7) is 7.24. The van der Waals surface area contributed by atoms with Crippen LogP contribution in [0.15, 0.2) is 0 Å². The Morgan fingerprint density at radius 3 is 0.722 bits per heavy atom. The van der Waals surface area contributed by atoms with Crippen LogP contribution < -0.4 is 16.0 Å². The highest BCUT2D eigenvalue weighted by atomic mass is 14.9. The zero-order chi connectivity index (χ0) is 12.7. The summed E-state index contributed by atoms with van der Waals surface area (Å²) >= 11 is 0. The van der Waals surface area contributed by atoms with E-state index >= 15 is 0 Å². The average molecular weight is 255 g/mol. The van der Waals surface area contributed by atoms with Crippen LogP contribution in [0.1, 0.15) is 57.8 Å². The van der Waals surface area contributed by atoms with Gasteiger partial charge in [-0.05, 0) is 77.8 Å². The fourth-order valence-electron chi connectivity index (χ4n) is 2.41. The van der Waals surface area contributed by atoms with Gasteiger partial charge >= 0.3 is 0 Å². The minimum atomic E-state index is 1.21. The highest BCUT2D eigenvalue weighted by Crippen LogP contribution is 1.97. The van der Waals surface area contributed by atoms with Crippen LogP contribution in [-0.2, 0) is 0 Å². The molecule has 0 aromatic heterocycles. The van der Waals surface area contributed by atoms with Crippen molar-refractivity contribution in [3.8, 4) is 0 Å². The van der Waals surface area contributed by atoms with Gasteiger partial charge in [0.1, 0.15) is 0 Å². The molecule has 0 atom stereocenters. The van der Waals surface area contributed by atoms with Crippen LogP contribution in [0.2, 0.25) is 0 Å². The maximum atomic E-state index is 3.55. The van der Waals surface area contributed by atoms with E-state index in [0.29, 0.717) is 0 Å². The van der Waals surface area contributed by atoms with E-state index in [1.165, 1.54) is 97.1 Å². The van der Waals surface area contributed by atoms with Gasteiger partial charge in [-0.15, -0.1) is 0 Å². The number of nitrogens with one attached hydrogen (secondary N) is 3. The normalized spacial score (nSPS) is 24.0. The van der Waals surface area contributed by atoms with E-state index in [2.05, 4.69) is 16.0 Å². The molecule has 3 heteroatoms. The molecule has 0 aromatic rings. The first-order valence-electron chi connectivity index (χ1n) is 8.12. The second kappa shape index (κ2) is 13.3. The topological polar surface area (TPSA) is 36.1 Å². The first-order valence-corrected chi connectivity index (χ1v) is 8.12. The van der Waals surface area contributed by atoms with Crippen LogP contribution in [0, 0.1) is 0 Å². The molecule has 1 fully saturated rings. The molecule has 1 aliphatic heterocycles. The number of hydrogen-bond donors (Lipinski definition) is 3. The van der Waals surface area contributed by atoms with Crippen LogP contribution in [0.3, 0.4) is 0 Å². The van der Waals surface area contributed by atoms with Gasteiger partial charge in [0.15, 0.2) is 0 Å². The van der Waals surface area contributed by atoms with Crippen molar-refractivity contribution in [1.29, 1.82) is 0 Å². The number of rotatable bonds is 0. The van der Waals surface area contributed by atoms with Crippen LogP contribution in [0.4, 0.5) is 0 Å². The van der Waals surface area contributed by atoms with Crippen molar-refractivity contribution in [2.24, 2.45) is 0 Å². The van der Waals surface area contributed by atoms with E-state index in [9.17, 15) is 0 Å². The zero-order valence-corrected chi connectivity index (χ0v) is 12.1. The second-order valence-corrected chi connectivity index (χ2v) is 5.43. The third-order valence-electron chi connectivity index (χ3n) is 3.62. The molecule has 0 saturated carbocycles. The van der Waals surface area contributed by atoms with E-state index in [1.54, 1.807) is 0 Å². The van der Waals surface area contributed by atoms with Crippen LogP contribution >= 0.6 is 0 Å². The Morgan fingerprint density at radius 1 is 0.278 bits per heavy atom. The average Bonchev–Trinajstić information content (AvgIpc) is 2.39. The van der Waals surface area contributed by atoms with E-state index < -0.39 is 0 Å². The summed E-state index contributed by atoms with van der Waals surface area (Å²) in [6, 6.07) is 0. The van der Waals surface area contributed by atoms with Gasteiger partial charge in [-0.3, -0.25) is 0 Å². The van der Waals surface area contributed by atoms with E-state index in [4.69, 9.17) is 0 Å². The smallest absolute Gasteiger partial charge is 0.00489 e. The summed E-state index contributed by atoms with van der Waals surface area (Å²) in [5.41, 5.74) is 0. The molecule has 3 N–H and O–H groups in total. The van der Waals surface area contributed by atoms with Gasteiger partial charge in [0, 0.05) is 0 Å². The summed E-state index contributed by atoms with van der Waals surface area (Å²) in [7, 11) is 0. The van der Waals surface area contributed by atoms with E-state index in [0.717, 1.165) is 0 Å². The minimum absolute atomic E-state index is 1.21. The van der Waals surface area contributed by atoms with Gasteiger partial charge in [0.25, 0.3) is 0 Å². The van der Waals surface area contributed by atoms with Gasteiger partial charge in [-0.25, -0.2) is 0 Å². The Morgan fingerprint density at radius 2 is 0.500 bits per heavy atom. The minimum Gasteiger partial charge on any atom is -0.317 e. The molecule has 0 spiro atoms. The largest absolute Gasteiger partial charge is 0.317 e. The molecule has 1 heterocycles. The fraction of sp³-hybridized carbons (Fsp3) is 1.00. The number of hydrogen-bond acceptors (Lipinski definition) is 3. The van der Waals surface area contributed by atoms with Crippen LogP contribution in [0.25, 0.3) is 0 Å². The monoisotopic (exact) mass is 255 g/mol. The Hall–Kier alpha value is -0.120. The summed E-state index contributed by atoms with van der Waals surface area (Å²) in [5, 5.41) is 10.6. The lowest BCUT2D eigenvalue weighted by Crippen LogP contribution is -2.21. The summed E-state index contributed by atoms with van der Waals surface area (Å²) in [4.78, 5) is 0. The van der Waals surface area contributed by atoms with Crippen molar-refractivity contribution < 1.29 is 0 Å². The van der Waals surface area contributed by atoms with E-state index in [-0.39, 0.29) is 0 Å². The Kier molecular flexibility index (Phi) is 11.8. The van der Waals surface area contributed by atoms with Crippen LogP contribution in [0.5, 0.6) is 0 Å². The lowest BCUT2D eigenvalue weighted by Gasteiger charge is -2.08. The zero-order valence-electron chi connectivity index (χ0n) is 12.1. The highest BCUT2D eigenvalue weighted by molar-refractivity contribution is 4.56. The first kappa shape index (κ1) is 15.9. The summed E-state index contributed by atoms with van der Waals surface area (Å²) in [5.74, 6) is 0. The molecule has 1 aliphatic rings. The molecule has 1 saturated heterocycles. The maximum absolute atomic E-state index is 3.55. The molecule has 108 valence electrons. The Bertz CT molecular complexity index is 86.8. The third kappa shape index (κ3) is 11.0. The van der Waals surface area contributed by atoms with Crippen molar-refractivity contribution in [3.63, 3.8) is 0 Å². The van der Waals surface area contributed by atoms with Crippen LogP contribution in [-0.4, -0.2) is 39.3 Å². The van der Waals surface area contributed by atoms with Crippen molar-refractivity contribution >= 4 is 0 Å². The third-order valence-corrected chi connectivity index (χ3v) is 3.62. The molecular weight excluding hydrogens is 222 g/mol. The molecule has 1 rings (SSSR count). The maximum Gasteiger partial charge on any atom is -0.00489 e. The lowest BCUT2D eigenvalue weighted by molar-refractivity contribution is 0.520. The molecular formula is C15H33N3. The standard InChI is InChI=1S/C15H33N3/c1-4-10-16-12-6-2-8-14-18-15-9-3-7-13-17-11-5-1/h16-18H,1-15H2. The Labute approximate surface area is 113 Å². The molecule has 0 aliphatic carbocycles. The van der Waals surface area contributed by atoms with Crippen molar-refractivity contribution in [2.45, 2.75) is 57.8 Å². The molecule has 0 unspecified atom stereocenters.